The van der Waals surface area contributed by atoms with Crippen LogP contribution >= 0.6 is 0 Å². The molecule has 0 amide bonds. The zero-order chi connectivity index (χ0) is 27.3. The smallest absolute Gasteiger partial charge is 0.317 e. The molecule has 0 radical (unpaired) electrons. The summed E-state index contributed by atoms with van der Waals surface area (Å²) in [5, 5.41) is 0. The Morgan fingerprint density at radius 2 is 1.24 bits per heavy atom. The van der Waals surface area contributed by atoms with E-state index in [0.29, 0.717) is 49.0 Å². The molecular formula is C31H40F6O. The standard InChI is InChI=1S/C31H40F6O/c1-2-3-21-8-15-26(16-9-21)31(36,37)38-27-17-10-23(11-18-27)5-4-22-6-12-24(13-7-22)25-14-19-28(29(32)20-25)30(33,34)35/h2-5,14,19-24,26-27H,6-13,15-18H2,1H3/b3-2+,5-4+. The van der Waals surface area contributed by atoms with Gasteiger partial charge in [-0.25, -0.2) is 4.39 Å². The van der Waals surface area contributed by atoms with Crippen molar-refractivity contribution in [1.82, 2.24) is 0 Å². The normalized spacial score (nSPS) is 31.8. The van der Waals surface area contributed by atoms with Gasteiger partial charge in [0.2, 0.25) is 0 Å². The Labute approximate surface area is 222 Å². The van der Waals surface area contributed by atoms with Crippen LogP contribution in [0.25, 0.3) is 0 Å². The van der Waals surface area contributed by atoms with Crippen LogP contribution in [0, 0.1) is 29.5 Å². The second kappa shape index (κ2) is 12.6. The predicted molar refractivity (Wildman–Crippen MR) is 137 cm³/mol. The van der Waals surface area contributed by atoms with Crippen LogP contribution in [0.5, 0.6) is 0 Å². The summed E-state index contributed by atoms with van der Waals surface area (Å²) in [4.78, 5) is 0. The topological polar surface area (TPSA) is 9.23 Å². The molecular weight excluding hydrogens is 502 g/mol. The third-order valence-electron chi connectivity index (χ3n) is 8.95. The molecule has 4 rings (SSSR count). The fourth-order valence-corrected chi connectivity index (χ4v) is 6.61. The van der Waals surface area contributed by atoms with Crippen LogP contribution in [0.3, 0.4) is 0 Å². The Morgan fingerprint density at radius 1 is 0.711 bits per heavy atom. The van der Waals surface area contributed by atoms with E-state index in [1.54, 1.807) is 0 Å². The van der Waals surface area contributed by atoms with Crippen molar-refractivity contribution in [3.05, 3.63) is 59.4 Å². The zero-order valence-corrected chi connectivity index (χ0v) is 22.2. The number of alkyl halides is 5. The second-order valence-corrected chi connectivity index (χ2v) is 11.6. The molecule has 1 aromatic carbocycles. The first kappa shape index (κ1) is 29.2. The minimum atomic E-state index is -4.68. The van der Waals surface area contributed by atoms with Crippen LogP contribution in [0.15, 0.2) is 42.5 Å². The fourth-order valence-electron chi connectivity index (χ4n) is 6.61. The average molecular weight is 543 g/mol. The van der Waals surface area contributed by atoms with Gasteiger partial charge in [-0.05, 0) is 125 Å². The first-order valence-corrected chi connectivity index (χ1v) is 14.3. The Hall–Kier alpha value is -1.76. The maximum atomic E-state index is 14.8. The highest BCUT2D eigenvalue weighted by molar-refractivity contribution is 5.29. The van der Waals surface area contributed by atoms with Gasteiger partial charge >= 0.3 is 12.3 Å². The molecule has 0 N–H and O–H groups in total. The Bertz CT molecular complexity index is 944. The molecule has 7 heteroatoms. The average Bonchev–Trinajstić information content (AvgIpc) is 2.88. The van der Waals surface area contributed by atoms with Crippen molar-refractivity contribution in [3.63, 3.8) is 0 Å². The van der Waals surface area contributed by atoms with Crippen LogP contribution in [0.4, 0.5) is 26.3 Å². The van der Waals surface area contributed by atoms with Gasteiger partial charge < -0.3 is 4.74 Å². The van der Waals surface area contributed by atoms with Crippen LogP contribution in [0.2, 0.25) is 0 Å². The van der Waals surface area contributed by atoms with Gasteiger partial charge in [0.05, 0.1) is 17.6 Å². The first-order chi connectivity index (χ1) is 18.0. The summed E-state index contributed by atoms with van der Waals surface area (Å²) in [5.41, 5.74) is -0.576. The van der Waals surface area contributed by atoms with Crippen molar-refractivity contribution in [2.45, 2.75) is 108 Å². The number of rotatable bonds is 7. The van der Waals surface area contributed by atoms with Crippen molar-refractivity contribution < 1.29 is 31.1 Å². The van der Waals surface area contributed by atoms with E-state index in [-0.39, 0.29) is 12.0 Å². The highest BCUT2D eigenvalue weighted by atomic mass is 19.4. The van der Waals surface area contributed by atoms with Gasteiger partial charge in [-0.1, -0.05) is 30.4 Å². The third-order valence-corrected chi connectivity index (χ3v) is 8.95. The molecule has 212 valence electrons. The summed E-state index contributed by atoms with van der Waals surface area (Å²) in [6, 6.07) is 3.30. The molecule has 38 heavy (non-hydrogen) atoms. The Morgan fingerprint density at radius 3 is 1.76 bits per heavy atom. The maximum Gasteiger partial charge on any atom is 0.419 e. The molecule has 0 saturated heterocycles. The van der Waals surface area contributed by atoms with Gasteiger partial charge in [0, 0.05) is 0 Å². The molecule has 3 aliphatic rings. The summed E-state index contributed by atoms with van der Waals surface area (Å²) in [7, 11) is 0. The molecule has 1 aromatic rings. The summed E-state index contributed by atoms with van der Waals surface area (Å²) >= 11 is 0. The van der Waals surface area contributed by atoms with E-state index in [2.05, 4.69) is 18.2 Å². The lowest BCUT2D eigenvalue weighted by molar-refractivity contribution is -0.301. The molecule has 3 fully saturated rings. The number of ether oxygens (including phenoxy) is 1. The zero-order valence-electron chi connectivity index (χ0n) is 22.2. The highest BCUT2D eigenvalue weighted by Gasteiger charge is 2.44. The van der Waals surface area contributed by atoms with Crippen molar-refractivity contribution >= 4 is 0 Å². The largest absolute Gasteiger partial charge is 0.419 e. The van der Waals surface area contributed by atoms with E-state index < -0.39 is 29.6 Å². The van der Waals surface area contributed by atoms with Gasteiger partial charge in [-0.3, -0.25) is 0 Å². The summed E-state index contributed by atoms with van der Waals surface area (Å²) in [5.74, 6) is -0.647. The SMILES string of the molecule is C/C=C/C1CCC(C(F)(F)OC2CCC(/C=C/C3CCC(c4ccc(C(F)(F)F)c(F)c4)CC3)CC2)CC1. The molecule has 3 aliphatic carbocycles. The number of hydrogen-bond acceptors (Lipinski definition) is 1. The Kier molecular flexibility index (Phi) is 9.70. The van der Waals surface area contributed by atoms with E-state index in [0.717, 1.165) is 63.5 Å². The lowest BCUT2D eigenvalue weighted by atomic mass is 9.77. The Balaban J connectivity index is 1.18. The quantitative estimate of drug-likeness (QED) is 0.246. The third kappa shape index (κ3) is 7.67. The van der Waals surface area contributed by atoms with E-state index >= 15 is 0 Å². The van der Waals surface area contributed by atoms with Crippen LogP contribution in [-0.2, 0) is 10.9 Å². The van der Waals surface area contributed by atoms with Gasteiger partial charge in [0.15, 0.2) is 0 Å². The van der Waals surface area contributed by atoms with Crippen molar-refractivity contribution in [3.8, 4) is 0 Å². The van der Waals surface area contributed by atoms with Gasteiger partial charge in [-0.2, -0.15) is 22.0 Å². The first-order valence-electron chi connectivity index (χ1n) is 14.3. The van der Waals surface area contributed by atoms with Gasteiger partial charge in [0.1, 0.15) is 5.82 Å². The molecule has 3 saturated carbocycles. The number of halogens is 6. The predicted octanol–water partition coefficient (Wildman–Crippen LogP) is 10.2. The number of benzene rings is 1. The van der Waals surface area contributed by atoms with E-state index in [9.17, 15) is 26.3 Å². The maximum absolute atomic E-state index is 14.8. The van der Waals surface area contributed by atoms with E-state index in [1.807, 2.05) is 13.0 Å². The minimum Gasteiger partial charge on any atom is -0.317 e. The minimum absolute atomic E-state index is 0.0730. The molecule has 0 heterocycles. The fraction of sp³-hybridized carbons (Fsp3) is 0.677. The van der Waals surface area contributed by atoms with Crippen molar-refractivity contribution in [2.75, 3.05) is 0 Å². The molecule has 0 aliphatic heterocycles. The monoisotopic (exact) mass is 542 g/mol. The van der Waals surface area contributed by atoms with Crippen molar-refractivity contribution in [2.24, 2.45) is 23.7 Å². The molecule has 0 unspecified atom stereocenters. The van der Waals surface area contributed by atoms with Crippen LogP contribution in [-0.4, -0.2) is 12.2 Å². The summed E-state index contributed by atoms with van der Waals surface area (Å²) < 4.78 is 87.5. The number of allylic oxidation sites excluding steroid dienone is 4. The molecule has 0 aromatic heterocycles. The molecule has 0 bridgehead atoms. The van der Waals surface area contributed by atoms with Crippen LogP contribution < -0.4 is 0 Å². The summed E-state index contributed by atoms with van der Waals surface area (Å²) in [6.45, 7) is 1.97. The second-order valence-electron chi connectivity index (χ2n) is 11.6. The molecule has 0 atom stereocenters. The molecule has 1 nitrogen and oxygen atoms in total. The van der Waals surface area contributed by atoms with Gasteiger partial charge in [-0.15, -0.1) is 0 Å². The van der Waals surface area contributed by atoms with E-state index in [1.165, 1.54) is 6.07 Å². The van der Waals surface area contributed by atoms with Crippen LogP contribution in [0.1, 0.15) is 101 Å². The summed E-state index contributed by atoms with van der Waals surface area (Å²) in [6.07, 6.45) is 9.48. The number of hydrogen-bond donors (Lipinski definition) is 0. The molecule has 0 spiro atoms. The highest BCUT2D eigenvalue weighted by Crippen LogP contribution is 2.43. The lowest BCUT2D eigenvalue weighted by Crippen LogP contribution is -2.38. The van der Waals surface area contributed by atoms with E-state index in [4.69, 9.17) is 4.74 Å². The van der Waals surface area contributed by atoms with Gasteiger partial charge in [0.25, 0.3) is 0 Å². The van der Waals surface area contributed by atoms with Crippen molar-refractivity contribution in [1.29, 1.82) is 0 Å². The lowest BCUT2D eigenvalue weighted by Gasteiger charge is -2.36.